The first-order chi connectivity index (χ1) is 9.49. The van der Waals surface area contributed by atoms with Gasteiger partial charge in [-0.05, 0) is 36.9 Å². The van der Waals surface area contributed by atoms with Crippen molar-refractivity contribution >= 4 is 15.9 Å². The molecule has 0 aromatic carbocycles. The third-order valence-electron chi connectivity index (χ3n) is 2.93. The lowest BCUT2D eigenvalue weighted by Crippen LogP contribution is -2.21. The summed E-state index contributed by atoms with van der Waals surface area (Å²) < 4.78 is 2.56. The van der Waals surface area contributed by atoms with E-state index in [1.54, 1.807) is 23.3 Å². The Morgan fingerprint density at radius 1 is 1.30 bits per heavy atom. The summed E-state index contributed by atoms with van der Waals surface area (Å²) in [6.07, 6.45) is 4.08. The predicted molar refractivity (Wildman–Crippen MR) is 79.3 cm³/mol. The molecule has 0 aliphatic rings. The van der Waals surface area contributed by atoms with Crippen LogP contribution in [0.2, 0.25) is 0 Å². The highest BCUT2D eigenvalue weighted by Gasteiger charge is 2.21. The SMILES string of the molecule is Cc1cnc(C(O)c2c(Br)cnn2CCN(C)C)cn1. The van der Waals surface area contributed by atoms with Crippen LogP contribution in [0, 0.1) is 6.92 Å². The summed E-state index contributed by atoms with van der Waals surface area (Å²) in [5.41, 5.74) is 2.04. The summed E-state index contributed by atoms with van der Waals surface area (Å²) in [4.78, 5) is 10.5. The number of aromatic nitrogens is 4. The van der Waals surface area contributed by atoms with Gasteiger partial charge in [-0.25, -0.2) is 0 Å². The third-order valence-corrected chi connectivity index (χ3v) is 3.54. The molecule has 7 heteroatoms. The standard InChI is InChI=1S/C13H18BrN5O/c1-9-6-16-11(8-15-9)13(20)12-10(14)7-17-19(12)5-4-18(2)3/h6-8,13,20H,4-5H2,1-3H3. The minimum absolute atomic E-state index is 0.517. The van der Waals surface area contributed by atoms with Crippen LogP contribution in [0.25, 0.3) is 0 Å². The van der Waals surface area contributed by atoms with Crippen LogP contribution >= 0.6 is 15.9 Å². The molecule has 0 radical (unpaired) electrons. The van der Waals surface area contributed by atoms with Gasteiger partial charge in [-0.1, -0.05) is 0 Å². The summed E-state index contributed by atoms with van der Waals surface area (Å²) in [7, 11) is 4.00. The van der Waals surface area contributed by atoms with Crippen molar-refractivity contribution in [3.63, 3.8) is 0 Å². The van der Waals surface area contributed by atoms with Gasteiger partial charge in [0.25, 0.3) is 0 Å². The smallest absolute Gasteiger partial charge is 0.140 e. The molecule has 0 aliphatic heterocycles. The molecule has 20 heavy (non-hydrogen) atoms. The summed E-state index contributed by atoms with van der Waals surface area (Å²) in [6.45, 7) is 3.40. The van der Waals surface area contributed by atoms with Gasteiger partial charge >= 0.3 is 0 Å². The van der Waals surface area contributed by atoms with E-state index in [-0.39, 0.29) is 0 Å². The first-order valence-electron chi connectivity index (χ1n) is 6.31. The van der Waals surface area contributed by atoms with Crippen LogP contribution in [0.15, 0.2) is 23.1 Å². The molecule has 0 spiro atoms. The number of halogens is 1. The van der Waals surface area contributed by atoms with Gasteiger partial charge in [0.05, 0.1) is 40.5 Å². The number of nitrogens with zero attached hydrogens (tertiary/aromatic N) is 5. The fraction of sp³-hybridized carbons (Fsp3) is 0.462. The second-order valence-corrected chi connectivity index (χ2v) is 5.74. The Morgan fingerprint density at radius 3 is 2.65 bits per heavy atom. The molecule has 0 saturated heterocycles. The Balaban J connectivity index is 2.26. The van der Waals surface area contributed by atoms with E-state index in [1.165, 1.54) is 0 Å². The van der Waals surface area contributed by atoms with Gasteiger partial charge in [0, 0.05) is 12.7 Å². The maximum atomic E-state index is 10.5. The lowest BCUT2D eigenvalue weighted by atomic mass is 10.2. The predicted octanol–water partition coefficient (Wildman–Crippen LogP) is 1.39. The first-order valence-corrected chi connectivity index (χ1v) is 7.11. The van der Waals surface area contributed by atoms with Crippen LogP contribution in [-0.4, -0.2) is 50.4 Å². The van der Waals surface area contributed by atoms with E-state index >= 15 is 0 Å². The maximum absolute atomic E-state index is 10.5. The monoisotopic (exact) mass is 339 g/mol. The average molecular weight is 340 g/mol. The molecule has 1 unspecified atom stereocenters. The Bertz CT molecular complexity index is 567. The molecule has 0 bridgehead atoms. The van der Waals surface area contributed by atoms with Gasteiger partial charge in [-0.3, -0.25) is 14.6 Å². The molecule has 2 rings (SSSR count). The fourth-order valence-electron chi connectivity index (χ4n) is 1.80. The highest BCUT2D eigenvalue weighted by atomic mass is 79.9. The third kappa shape index (κ3) is 3.41. The number of hydrogen-bond acceptors (Lipinski definition) is 5. The number of aliphatic hydroxyl groups is 1. The van der Waals surface area contributed by atoms with E-state index < -0.39 is 6.10 Å². The molecule has 6 nitrogen and oxygen atoms in total. The Labute approximate surface area is 126 Å². The summed E-state index contributed by atoms with van der Waals surface area (Å²) in [5, 5.41) is 14.8. The normalized spacial score (nSPS) is 12.9. The van der Waals surface area contributed by atoms with E-state index in [1.807, 2.05) is 21.0 Å². The molecule has 1 N–H and O–H groups in total. The molecule has 0 saturated carbocycles. The molecule has 2 aromatic rings. The Morgan fingerprint density at radius 2 is 2.05 bits per heavy atom. The number of likely N-dealkylation sites (N-methyl/N-ethyl adjacent to an activating group) is 1. The molecule has 0 amide bonds. The second kappa shape index (κ2) is 6.43. The van der Waals surface area contributed by atoms with Crippen molar-refractivity contribution in [2.24, 2.45) is 0 Å². The van der Waals surface area contributed by atoms with Crippen LogP contribution in [0.3, 0.4) is 0 Å². The van der Waals surface area contributed by atoms with Gasteiger partial charge in [0.1, 0.15) is 6.10 Å². The molecule has 108 valence electrons. The van der Waals surface area contributed by atoms with Crippen LogP contribution in [-0.2, 0) is 6.54 Å². The van der Waals surface area contributed by atoms with Crippen LogP contribution in [0.5, 0.6) is 0 Å². The van der Waals surface area contributed by atoms with Crippen molar-refractivity contribution in [2.75, 3.05) is 20.6 Å². The quantitative estimate of drug-likeness (QED) is 0.891. The van der Waals surface area contributed by atoms with Gasteiger partial charge in [-0.2, -0.15) is 5.10 Å². The number of rotatable bonds is 5. The lowest BCUT2D eigenvalue weighted by Gasteiger charge is -2.15. The zero-order valence-electron chi connectivity index (χ0n) is 11.8. The van der Waals surface area contributed by atoms with Crippen molar-refractivity contribution in [1.29, 1.82) is 0 Å². The molecular weight excluding hydrogens is 322 g/mol. The van der Waals surface area contributed by atoms with E-state index in [0.29, 0.717) is 17.9 Å². The van der Waals surface area contributed by atoms with Gasteiger partial charge in [-0.15, -0.1) is 0 Å². The minimum atomic E-state index is -0.845. The Hall–Kier alpha value is -1.31. The van der Waals surface area contributed by atoms with E-state index in [4.69, 9.17) is 0 Å². The second-order valence-electron chi connectivity index (χ2n) is 4.89. The van der Waals surface area contributed by atoms with E-state index in [0.717, 1.165) is 16.7 Å². The van der Waals surface area contributed by atoms with Crippen molar-refractivity contribution in [3.05, 3.63) is 40.1 Å². The summed E-state index contributed by atoms with van der Waals surface area (Å²) in [5.74, 6) is 0. The van der Waals surface area contributed by atoms with Crippen molar-refractivity contribution in [2.45, 2.75) is 19.6 Å². The molecule has 0 aliphatic carbocycles. The zero-order valence-corrected chi connectivity index (χ0v) is 13.4. The van der Waals surface area contributed by atoms with Crippen LogP contribution in [0.4, 0.5) is 0 Å². The van der Waals surface area contributed by atoms with Gasteiger partial charge < -0.3 is 10.0 Å². The van der Waals surface area contributed by atoms with Gasteiger partial charge in [0.15, 0.2) is 0 Å². The van der Waals surface area contributed by atoms with Gasteiger partial charge in [0.2, 0.25) is 0 Å². The zero-order chi connectivity index (χ0) is 14.7. The molecule has 2 heterocycles. The molecular formula is C13H18BrN5O. The highest BCUT2D eigenvalue weighted by Crippen LogP contribution is 2.27. The van der Waals surface area contributed by atoms with Crippen molar-refractivity contribution in [1.82, 2.24) is 24.6 Å². The molecule has 0 fully saturated rings. The van der Waals surface area contributed by atoms with E-state index in [2.05, 4.69) is 35.9 Å². The first kappa shape index (κ1) is 15.1. The molecule has 1 atom stereocenters. The average Bonchev–Trinajstić information content (AvgIpc) is 2.77. The largest absolute Gasteiger partial charge is 0.380 e. The Kier molecular flexibility index (Phi) is 4.85. The highest BCUT2D eigenvalue weighted by molar-refractivity contribution is 9.10. The maximum Gasteiger partial charge on any atom is 0.140 e. The lowest BCUT2D eigenvalue weighted by molar-refractivity contribution is 0.199. The summed E-state index contributed by atoms with van der Waals surface area (Å²) >= 11 is 3.43. The number of aryl methyl sites for hydroxylation is 1. The topological polar surface area (TPSA) is 67.1 Å². The molecule has 2 aromatic heterocycles. The summed E-state index contributed by atoms with van der Waals surface area (Å²) in [6, 6.07) is 0. The van der Waals surface area contributed by atoms with Crippen molar-refractivity contribution < 1.29 is 5.11 Å². The fourth-order valence-corrected chi connectivity index (χ4v) is 2.31. The number of hydrogen-bond donors (Lipinski definition) is 1. The van der Waals surface area contributed by atoms with E-state index in [9.17, 15) is 5.11 Å². The van der Waals surface area contributed by atoms with Crippen LogP contribution in [0.1, 0.15) is 23.2 Å². The van der Waals surface area contributed by atoms with Crippen LogP contribution < -0.4 is 0 Å². The number of aliphatic hydroxyl groups excluding tert-OH is 1. The minimum Gasteiger partial charge on any atom is -0.380 e. The van der Waals surface area contributed by atoms with Crippen molar-refractivity contribution in [3.8, 4) is 0 Å².